The number of amides is 1. The predicted octanol–water partition coefficient (Wildman–Crippen LogP) is 6.33. The van der Waals surface area contributed by atoms with Crippen LogP contribution in [0, 0.1) is 0 Å². The number of nitrogens with zero attached hydrogens (tertiary/aromatic N) is 3. The van der Waals surface area contributed by atoms with Crippen molar-refractivity contribution in [2.75, 3.05) is 0 Å². The molecule has 1 aliphatic heterocycles. The molecule has 0 unspecified atom stereocenters. The number of aromatic nitrogens is 1. The van der Waals surface area contributed by atoms with Gasteiger partial charge in [0.15, 0.2) is 10.3 Å². The van der Waals surface area contributed by atoms with E-state index < -0.39 is 0 Å². The Morgan fingerprint density at radius 2 is 1.89 bits per heavy atom. The first-order valence-corrected chi connectivity index (χ1v) is 10.9. The number of thioether (sulfide) groups is 1. The Hall–Kier alpha value is -1.82. The summed E-state index contributed by atoms with van der Waals surface area (Å²) in [5.41, 5.74) is 1.39. The van der Waals surface area contributed by atoms with Crippen LogP contribution in [0.4, 0.5) is 5.69 Å². The fourth-order valence-electron chi connectivity index (χ4n) is 3.52. The highest BCUT2D eigenvalue weighted by Crippen LogP contribution is 2.39. The minimum Gasteiger partial charge on any atom is -0.283 e. The lowest BCUT2D eigenvalue weighted by Gasteiger charge is -2.30. The standard InChI is InChI=1S/C21H19Cl2N3OS/c22-16-10-5-4-7-14(16)13-18-20(27)26(15-8-2-1-3-9-15)21(28-18)25-17-11-6-12-24-19(17)23/h4-7,10-13,15H,1-3,8-9H2/b18-13-,25-21?. The second-order valence-electron chi connectivity index (χ2n) is 6.81. The van der Waals surface area contributed by atoms with Crippen LogP contribution in [0.3, 0.4) is 0 Å². The Morgan fingerprint density at radius 3 is 2.64 bits per heavy atom. The normalized spacial score (nSPS) is 21.1. The van der Waals surface area contributed by atoms with E-state index in [2.05, 4.69) is 4.98 Å². The van der Waals surface area contributed by atoms with Gasteiger partial charge in [-0.25, -0.2) is 9.98 Å². The van der Waals surface area contributed by atoms with Gasteiger partial charge in [-0.2, -0.15) is 0 Å². The van der Waals surface area contributed by atoms with Gasteiger partial charge in [-0.05, 0) is 54.4 Å². The molecule has 2 aromatic rings. The van der Waals surface area contributed by atoms with Crippen molar-refractivity contribution >= 4 is 57.8 Å². The molecule has 144 valence electrons. The molecule has 0 radical (unpaired) electrons. The van der Waals surface area contributed by atoms with Crippen molar-refractivity contribution in [1.29, 1.82) is 0 Å². The summed E-state index contributed by atoms with van der Waals surface area (Å²) in [6, 6.07) is 11.3. The van der Waals surface area contributed by atoms with Crippen LogP contribution in [-0.2, 0) is 4.79 Å². The Kier molecular flexibility index (Phi) is 6.04. The average molecular weight is 432 g/mol. The van der Waals surface area contributed by atoms with E-state index in [1.165, 1.54) is 18.2 Å². The quantitative estimate of drug-likeness (QED) is 0.421. The molecule has 0 N–H and O–H groups in total. The molecule has 1 aromatic carbocycles. The van der Waals surface area contributed by atoms with Gasteiger partial charge in [-0.15, -0.1) is 0 Å². The maximum absolute atomic E-state index is 13.3. The van der Waals surface area contributed by atoms with Crippen molar-refractivity contribution in [1.82, 2.24) is 9.88 Å². The number of rotatable bonds is 3. The first-order chi connectivity index (χ1) is 13.6. The maximum atomic E-state index is 13.3. The minimum absolute atomic E-state index is 0.0180. The number of benzene rings is 1. The van der Waals surface area contributed by atoms with E-state index in [0.29, 0.717) is 25.9 Å². The Morgan fingerprint density at radius 1 is 1.11 bits per heavy atom. The van der Waals surface area contributed by atoms with Crippen LogP contribution in [0.2, 0.25) is 10.2 Å². The van der Waals surface area contributed by atoms with E-state index in [-0.39, 0.29) is 11.9 Å². The first-order valence-electron chi connectivity index (χ1n) is 9.30. The van der Waals surface area contributed by atoms with E-state index >= 15 is 0 Å². The van der Waals surface area contributed by atoms with Gasteiger partial charge in [0, 0.05) is 17.3 Å². The molecule has 28 heavy (non-hydrogen) atoms. The third-order valence-electron chi connectivity index (χ3n) is 4.92. The van der Waals surface area contributed by atoms with Gasteiger partial charge in [0.2, 0.25) is 0 Å². The van der Waals surface area contributed by atoms with Crippen molar-refractivity contribution in [2.24, 2.45) is 4.99 Å². The molecule has 1 amide bonds. The van der Waals surface area contributed by atoms with Crippen LogP contribution in [0.1, 0.15) is 37.7 Å². The lowest BCUT2D eigenvalue weighted by molar-refractivity contribution is -0.124. The summed E-state index contributed by atoms with van der Waals surface area (Å²) < 4.78 is 0. The van der Waals surface area contributed by atoms with Crippen molar-refractivity contribution in [3.63, 3.8) is 0 Å². The largest absolute Gasteiger partial charge is 0.283 e. The third-order valence-corrected chi connectivity index (χ3v) is 6.54. The number of aliphatic imine (C=N–C) groups is 1. The van der Waals surface area contributed by atoms with Crippen LogP contribution in [0.5, 0.6) is 0 Å². The van der Waals surface area contributed by atoms with E-state index in [1.807, 2.05) is 41.3 Å². The van der Waals surface area contributed by atoms with Crippen LogP contribution in [0.25, 0.3) is 6.08 Å². The van der Waals surface area contributed by atoms with Crippen molar-refractivity contribution in [3.05, 3.63) is 63.2 Å². The molecule has 0 atom stereocenters. The third kappa shape index (κ3) is 4.12. The van der Waals surface area contributed by atoms with E-state index in [4.69, 9.17) is 28.2 Å². The van der Waals surface area contributed by atoms with Gasteiger partial charge in [0.05, 0.1) is 4.91 Å². The van der Waals surface area contributed by atoms with Crippen molar-refractivity contribution < 1.29 is 4.79 Å². The van der Waals surface area contributed by atoms with E-state index in [0.717, 1.165) is 31.2 Å². The number of carbonyl (C=O) groups excluding carboxylic acids is 1. The fourth-order valence-corrected chi connectivity index (χ4v) is 4.92. The van der Waals surface area contributed by atoms with Crippen LogP contribution < -0.4 is 0 Å². The molecule has 0 bridgehead atoms. The highest BCUT2D eigenvalue weighted by Gasteiger charge is 2.38. The van der Waals surface area contributed by atoms with Crippen LogP contribution >= 0.6 is 35.0 Å². The summed E-state index contributed by atoms with van der Waals surface area (Å²) in [5, 5.41) is 1.61. The summed E-state index contributed by atoms with van der Waals surface area (Å²) >= 11 is 13.9. The summed E-state index contributed by atoms with van der Waals surface area (Å²) in [7, 11) is 0. The minimum atomic E-state index is -0.0180. The first kappa shape index (κ1) is 19.5. The monoisotopic (exact) mass is 431 g/mol. The number of pyridine rings is 1. The predicted molar refractivity (Wildman–Crippen MR) is 117 cm³/mol. The Bertz CT molecular complexity index is 954. The number of hydrogen-bond donors (Lipinski definition) is 0. The second kappa shape index (κ2) is 8.68. The van der Waals surface area contributed by atoms with Crippen molar-refractivity contribution in [2.45, 2.75) is 38.1 Å². The van der Waals surface area contributed by atoms with Gasteiger partial charge in [0.25, 0.3) is 5.91 Å². The van der Waals surface area contributed by atoms with Gasteiger partial charge < -0.3 is 0 Å². The van der Waals surface area contributed by atoms with E-state index in [1.54, 1.807) is 12.3 Å². The molecular formula is C21H19Cl2N3OS. The molecule has 2 heterocycles. The topological polar surface area (TPSA) is 45.6 Å². The maximum Gasteiger partial charge on any atom is 0.267 e. The lowest BCUT2D eigenvalue weighted by Crippen LogP contribution is -2.40. The molecule has 4 rings (SSSR count). The summed E-state index contributed by atoms with van der Waals surface area (Å²) in [6.45, 7) is 0. The van der Waals surface area contributed by atoms with Crippen LogP contribution in [0.15, 0.2) is 52.5 Å². The Balaban J connectivity index is 1.73. The van der Waals surface area contributed by atoms with Gasteiger partial charge in [-0.1, -0.05) is 60.7 Å². The smallest absolute Gasteiger partial charge is 0.267 e. The van der Waals surface area contributed by atoms with Gasteiger partial charge >= 0.3 is 0 Å². The summed E-state index contributed by atoms with van der Waals surface area (Å²) in [4.78, 5) is 24.5. The van der Waals surface area contributed by atoms with Crippen molar-refractivity contribution in [3.8, 4) is 0 Å². The zero-order valence-electron chi connectivity index (χ0n) is 15.1. The molecule has 2 aliphatic rings. The van der Waals surface area contributed by atoms with Gasteiger partial charge in [0.1, 0.15) is 5.69 Å². The van der Waals surface area contributed by atoms with Crippen LogP contribution in [-0.4, -0.2) is 27.0 Å². The summed E-state index contributed by atoms with van der Waals surface area (Å²) in [6.07, 6.45) is 8.93. The fraction of sp³-hybridized carbons (Fsp3) is 0.286. The average Bonchev–Trinajstić information content (AvgIpc) is 3.01. The zero-order valence-corrected chi connectivity index (χ0v) is 17.5. The molecule has 2 fully saturated rings. The number of halogens is 2. The molecule has 1 saturated carbocycles. The molecule has 7 heteroatoms. The van der Waals surface area contributed by atoms with E-state index in [9.17, 15) is 4.79 Å². The molecule has 1 saturated heterocycles. The molecule has 4 nitrogen and oxygen atoms in total. The summed E-state index contributed by atoms with van der Waals surface area (Å²) in [5.74, 6) is -0.0180. The Labute approximate surface area is 178 Å². The second-order valence-corrected chi connectivity index (χ2v) is 8.58. The highest BCUT2D eigenvalue weighted by molar-refractivity contribution is 8.18. The molecular weight excluding hydrogens is 413 g/mol. The molecule has 1 aromatic heterocycles. The SMILES string of the molecule is O=C1/C(=C/c2ccccc2Cl)SC(=Nc2cccnc2Cl)N1C1CCCCC1. The number of hydrogen-bond acceptors (Lipinski definition) is 4. The highest BCUT2D eigenvalue weighted by atomic mass is 35.5. The lowest BCUT2D eigenvalue weighted by atomic mass is 9.94. The number of carbonyl (C=O) groups is 1. The zero-order chi connectivity index (χ0) is 19.5. The van der Waals surface area contributed by atoms with Gasteiger partial charge in [-0.3, -0.25) is 9.69 Å². The number of amidine groups is 1. The molecule has 1 aliphatic carbocycles. The molecule has 0 spiro atoms.